The van der Waals surface area contributed by atoms with Crippen LogP contribution in [0.15, 0.2) is 0 Å². The normalized spacial score (nSPS) is 16.7. The van der Waals surface area contributed by atoms with E-state index in [0.29, 0.717) is 0 Å². The Balaban J connectivity index is 7.64. The molecule has 0 heterocycles. The Kier molecular flexibility index (Phi) is 11.4. The standard InChI is InChI=1S/C17H8F27NO4S/c1-2-45(3-4(46)47)50(48,49)17(43,44)15(38,39)13(34,35)11(30,31)9(26,27)7(22,23)5(18,19)6(20,21)8(24,25)10(28,29)12(32,33)14(36,37)16(40,41)42/h2-3H2,1H3,(H,46,47). The fourth-order valence-corrected chi connectivity index (χ4v) is 4.37. The van der Waals surface area contributed by atoms with Crippen LogP contribution in [0.25, 0.3) is 0 Å². The molecular weight excluding hydrogens is 827 g/mol. The highest BCUT2D eigenvalue weighted by molar-refractivity contribution is 7.90. The molecule has 0 aliphatic rings. The van der Waals surface area contributed by atoms with Crippen LogP contribution in [0.1, 0.15) is 6.92 Å². The number of hydrogen-bond donors (Lipinski definition) is 1. The van der Waals surface area contributed by atoms with Crippen LogP contribution < -0.4 is 0 Å². The van der Waals surface area contributed by atoms with Gasteiger partial charge in [-0.1, -0.05) is 6.92 Å². The molecule has 0 aromatic carbocycles. The number of rotatable bonds is 16. The van der Waals surface area contributed by atoms with Gasteiger partial charge in [0.15, 0.2) is 0 Å². The molecule has 0 bridgehead atoms. The van der Waals surface area contributed by atoms with Crippen molar-refractivity contribution < 1.29 is 137 Å². The summed E-state index contributed by atoms with van der Waals surface area (Å²) in [5.41, 5.74) is 0. The topological polar surface area (TPSA) is 74.7 Å². The SMILES string of the molecule is CCN(CC(=O)O)S(=O)(=O)C(F)(F)C(F)(F)C(F)(F)C(F)(F)C(F)(F)C(F)(F)C(F)(F)C(F)(F)C(F)(F)C(F)(F)C(F)(F)C(F)(F)C(F)(F)F. The van der Waals surface area contributed by atoms with Crippen molar-refractivity contribution in [2.75, 3.05) is 13.1 Å². The van der Waals surface area contributed by atoms with Crippen LogP contribution in [-0.4, -0.2) is 113 Å². The van der Waals surface area contributed by atoms with Crippen molar-refractivity contribution in [3.8, 4) is 0 Å². The summed E-state index contributed by atoms with van der Waals surface area (Å²) >= 11 is 0. The number of aliphatic carboxylic acids is 1. The molecule has 0 fully saturated rings. The molecule has 50 heavy (non-hydrogen) atoms. The number of carboxylic acids is 1. The molecule has 0 rings (SSSR count). The van der Waals surface area contributed by atoms with Gasteiger partial charge in [-0.3, -0.25) is 4.79 Å². The first kappa shape index (κ1) is 47.5. The van der Waals surface area contributed by atoms with Crippen LogP contribution in [0, 0.1) is 0 Å². The molecule has 300 valence electrons. The highest BCUT2D eigenvalue weighted by Crippen LogP contribution is 2.68. The van der Waals surface area contributed by atoms with Gasteiger partial charge in [-0.15, -0.1) is 0 Å². The third-order valence-electron chi connectivity index (χ3n) is 5.99. The van der Waals surface area contributed by atoms with Crippen molar-refractivity contribution in [3.05, 3.63) is 0 Å². The van der Waals surface area contributed by atoms with Gasteiger partial charge in [0.05, 0.1) is 0 Å². The lowest BCUT2D eigenvalue weighted by Crippen LogP contribution is -2.79. The van der Waals surface area contributed by atoms with Crippen molar-refractivity contribution in [2.24, 2.45) is 0 Å². The third-order valence-corrected chi connectivity index (χ3v) is 7.96. The largest absolute Gasteiger partial charge is 0.480 e. The average Bonchev–Trinajstić information content (AvgIpc) is 2.89. The third kappa shape index (κ3) is 5.63. The van der Waals surface area contributed by atoms with Gasteiger partial charge in [-0.2, -0.15) is 123 Å². The zero-order valence-corrected chi connectivity index (χ0v) is 23.0. The minimum absolute atomic E-state index is 0.165. The molecule has 0 aliphatic carbocycles. The number of hydrogen-bond acceptors (Lipinski definition) is 3. The molecule has 33 heteroatoms. The predicted octanol–water partition coefficient (Wildman–Crippen LogP) is 7.87. The molecule has 5 nitrogen and oxygen atoms in total. The second-order valence-corrected chi connectivity index (χ2v) is 11.1. The van der Waals surface area contributed by atoms with Crippen LogP contribution >= 0.6 is 0 Å². The number of likely N-dealkylation sites (N-methyl/N-ethyl adjacent to an activating group) is 1. The van der Waals surface area contributed by atoms with E-state index in [2.05, 4.69) is 0 Å². The fourth-order valence-electron chi connectivity index (χ4n) is 2.98. The fraction of sp³-hybridized carbons (Fsp3) is 0.941. The van der Waals surface area contributed by atoms with Crippen molar-refractivity contribution >= 4 is 16.0 Å². The number of carboxylic acid groups (broad SMARTS) is 1. The van der Waals surface area contributed by atoms with E-state index in [1.165, 1.54) is 0 Å². The summed E-state index contributed by atoms with van der Waals surface area (Å²) < 4.78 is 387. The number of sulfonamides is 1. The van der Waals surface area contributed by atoms with Gasteiger partial charge in [0.2, 0.25) is 0 Å². The predicted molar refractivity (Wildman–Crippen MR) is 99.2 cm³/mol. The number of halogens is 27. The van der Waals surface area contributed by atoms with Gasteiger partial charge >= 0.3 is 82.5 Å². The Labute approximate surface area is 255 Å². The molecule has 0 spiro atoms. The molecule has 0 aliphatic heterocycles. The molecule has 0 radical (unpaired) electrons. The van der Waals surface area contributed by atoms with E-state index in [1.54, 1.807) is 0 Å². The summed E-state index contributed by atoms with van der Waals surface area (Å²) in [6.07, 6.45) is -8.30. The molecule has 0 aromatic rings. The van der Waals surface area contributed by atoms with Gasteiger partial charge in [0.1, 0.15) is 6.54 Å². The maximum Gasteiger partial charge on any atom is 0.460 e. The molecule has 0 saturated carbocycles. The van der Waals surface area contributed by atoms with Gasteiger partial charge < -0.3 is 5.11 Å². The van der Waals surface area contributed by atoms with E-state index in [-0.39, 0.29) is 6.92 Å². The van der Waals surface area contributed by atoms with E-state index in [0.717, 1.165) is 0 Å². The van der Waals surface area contributed by atoms with Gasteiger partial charge in [0.25, 0.3) is 10.0 Å². The summed E-state index contributed by atoms with van der Waals surface area (Å²) in [4.78, 5) is 10.5. The molecule has 0 amide bonds. The van der Waals surface area contributed by atoms with Crippen molar-refractivity contribution in [2.45, 2.75) is 83.5 Å². The number of alkyl halides is 27. The Bertz CT molecular complexity index is 1380. The summed E-state index contributed by atoms with van der Waals surface area (Å²) in [5, 5.41) is 0.143. The van der Waals surface area contributed by atoms with Crippen LogP contribution in [-0.2, 0) is 14.8 Å². The molecule has 0 unspecified atom stereocenters. The lowest BCUT2D eigenvalue weighted by atomic mass is 9.84. The highest BCUT2D eigenvalue weighted by Gasteiger charge is 3.00. The van der Waals surface area contributed by atoms with Gasteiger partial charge in [-0.05, 0) is 0 Å². The molecule has 1 N–H and O–H groups in total. The van der Waals surface area contributed by atoms with Crippen LogP contribution in [0.4, 0.5) is 119 Å². The lowest BCUT2D eigenvalue weighted by Gasteiger charge is -2.46. The van der Waals surface area contributed by atoms with Crippen LogP contribution in [0.3, 0.4) is 0 Å². The van der Waals surface area contributed by atoms with Crippen molar-refractivity contribution in [1.82, 2.24) is 4.31 Å². The van der Waals surface area contributed by atoms with Crippen LogP contribution in [0.5, 0.6) is 0 Å². The summed E-state index contributed by atoms with van der Waals surface area (Å²) in [7, 11) is -7.99. The zero-order chi connectivity index (χ0) is 41.6. The Morgan fingerprint density at radius 3 is 0.820 bits per heavy atom. The van der Waals surface area contributed by atoms with Gasteiger partial charge in [-0.25, -0.2) is 8.42 Å². The molecular formula is C17H8F27NO4S. The van der Waals surface area contributed by atoms with E-state index in [1.807, 2.05) is 0 Å². The maximum absolute atomic E-state index is 14.1. The van der Waals surface area contributed by atoms with E-state index >= 15 is 0 Å². The first-order chi connectivity index (χ1) is 21.1. The number of carbonyl (C=O) groups is 1. The van der Waals surface area contributed by atoms with E-state index < -0.39 is 110 Å². The van der Waals surface area contributed by atoms with Gasteiger partial charge in [0, 0.05) is 6.54 Å². The second kappa shape index (κ2) is 12.0. The quantitative estimate of drug-likeness (QED) is 0.161. The average molecular weight is 835 g/mol. The zero-order valence-electron chi connectivity index (χ0n) is 22.1. The number of nitrogens with zero attached hydrogens (tertiary/aromatic N) is 1. The first-order valence-electron chi connectivity index (χ1n) is 10.9. The smallest absolute Gasteiger partial charge is 0.460 e. The summed E-state index contributed by atoms with van der Waals surface area (Å²) in [6.45, 7) is -4.25. The van der Waals surface area contributed by atoms with E-state index in [9.17, 15) is 132 Å². The molecule has 0 saturated heterocycles. The minimum Gasteiger partial charge on any atom is -0.480 e. The highest BCUT2D eigenvalue weighted by atomic mass is 32.2. The monoisotopic (exact) mass is 835 g/mol. The van der Waals surface area contributed by atoms with Crippen molar-refractivity contribution in [3.63, 3.8) is 0 Å². The van der Waals surface area contributed by atoms with E-state index in [4.69, 9.17) is 5.11 Å². The molecule has 0 atom stereocenters. The minimum atomic E-state index is -9.95. The first-order valence-corrected chi connectivity index (χ1v) is 12.4. The summed E-state index contributed by atoms with van der Waals surface area (Å²) in [5.74, 6) is -108. The maximum atomic E-state index is 14.1. The Morgan fingerprint density at radius 2 is 0.640 bits per heavy atom. The Morgan fingerprint density at radius 1 is 0.440 bits per heavy atom. The summed E-state index contributed by atoms with van der Waals surface area (Å²) in [6, 6.07) is 0. The molecule has 0 aromatic heterocycles. The lowest BCUT2D eigenvalue weighted by molar-refractivity contribution is -0.483. The van der Waals surface area contributed by atoms with Crippen LogP contribution in [0.2, 0.25) is 0 Å². The van der Waals surface area contributed by atoms with Crippen molar-refractivity contribution in [1.29, 1.82) is 0 Å². The Hall–Kier alpha value is -2.51. The second-order valence-electron chi connectivity index (χ2n) is 9.16.